The third-order valence-corrected chi connectivity index (χ3v) is 4.20. The summed E-state index contributed by atoms with van der Waals surface area (Å²) in [5.41, 5.74) is 0.900. The van der Waals surface area contributed by atoms with E-state index in [-0.39, 0.29) is 11.8 Å². The molecule has 1 aliphatic carbocycles. The van der Waals surface area contributed by atoms with E-state index in [1.165, 1.54) is 25.2 Å². The molecule has 25 heavy (non-hydrogen) atoms. The Morgan fingerprint density at radius 3 is 2.72 bits per heavy atom. The molecule has 132 valence electrons. The molecule has 3 rings (SSSR count). The molecule has 0 atom stereocenters. The number of carbonyl (C=O) groups is 1. The summed E-state index contributed by atoms with van der Waals surface area (Å²) in [6.45, 7) is 0.493. The first-order valence-electron chi connectivity index (χ1n) is 8.28. The van der Waals surface area contributed by atoms with Crippen molar-refractivity contribution < 1.29 is 19.4 Å². The van der Waals surface area contributed by atoms with Crippen LogP contribution in [0.2, 0.25) is 0 Å². The summed E-state index contributed by atoms with van der Waals surface area (Å²) >= 11 is 0. The van der Waals surface area contributed by atoms with Gasteiger partial charge >= 0.3 is 5.97 Å². The number of carboxylic acid groups (broad SMARTS) is 1. The van der Waals surface area contributed by atoms with E-state index in [2.05, 4.69) is 15.3 Å². The Hall–Kier alpha value is -2.83. The van der Waals surface area contributed by atoms with E-state index in [1.54, 1.807) is 7.11 Å². The highest BCUT2D eigenvalue weighted by molar-refractivity contribution is 5.84. The van der Waals surface area contributed by atoms with Crippen molar-refractivity contribution >= 4 is 11.8 Å². The maximum Gasteiger partial charge on any atom is 0.356 e. The van der Waals surface area contributed by atoms with Gasteiger partial charge < -0.3 is 19.9 Å². The molecule has 0 amide bonds. The van der Waals surface area contributed by atoms with Crippen LogP contribution in [-0.4, -0.2) is 34.3 Å². The summed E-state index contributed by atoms with van der Waals surface area (Å²) < 4.78 is 11.4. The summed E-state index contributed by atoms with van der Waals surface area (Å²) in [7, 11) is 1.63. The standard InChI is InChI=1S/C18H21N3O4/c1-24-14-7-6-12(16(8-14)25-13-4-2-3-5-13)9-20-17-11-19-15(10-21-17)18(22)23/h6-8,10-11,13H,2-5,9H2,1H3,(H,20,21)(H,22,23). The molecule has 2 aromatic rings. The summed E-state index contributed by atoms with van der Waals surface area (Å²) in [5.74, 6) is 0.963. The van der Waals surface area contributed by atoms with E-state index in [9.17, 15) is 4.79 Å². The molecular formula is C18H21N3O4. The van der Waals surface area contributed by atoms with Crippen LogP contribution in [0, 0.1) is 0 Å². The van der Waals surface area contributed by atoms with Gasteiger partial charge in [0.2, 0.25) is 0 Å². The van der Waals surface area contributed by atoms with Crippen molar-refractivity contribution in [3.63, 3.8) is 0 Å². The van der Waals surface area contributed by atoms with Crippen molar-refractivity contribution in [3.8, 4) is 11.5 Å². The Balaban J connectivity index is 1.70. The van der Waals surface area contributed by atoms with Crippen LogP contribution >= 0.6 is 0 Å². The largest absolute Gasteiger partial charge is 0.497 e. The van der Waals surface area contributed by atoms with E-state index in [0.29, 0.717) is 12.4 Å². The van der Waals surface area contributed by atoms with Gasteiger partial charge in [-0.3, -0.25) is 0 Å². The fourth-order valence-electron chi connectivity index (χ4n) is 2.82. The molecule has 1 heterocycles. The lowest BCUT2D eigenvalue weighted by Crippen LogP contribution is -2.13. The molecule has 1 fully saturated rings. The fraction of sp³-hybridized carbons (Fsp3) is 0.389. The topological polar surface area (TPSA) is 93.6 Å². The molecule has 7 nitrogen and oxygen atoms in total. The second-order valence-electron chi connectivity index (χ2n) is 5.94. The molecule has 0 bridgehead atoms. The minimum Gasteiger partial charge on any atom is -0.497 e. The molecule has 0 saturated heterocycles. The molecule has 1 aromatic carbocycles. The van der Waals surface area contributed by atoms with Crippen molar-refractivity contribution in [3.05, 3.63) is 41.9 Å². The lowest BCUT2D eigenvalue weighted by molar-refractivity contribution is 0.0690. The molecule has 0 aliphatic heterocycles. The zero-order valence-corrected chi connectivity index (χ0v) is 14.1. The van der Waals surface area contributed by atoms with Gasteiger partial charge in [-0.25, -0.2) is 14.8 Å². The Labute approximate surface area is 146 Å². The SMILES string of the molecule is COc1ccc(CNc2cnc(C(=O)O)cn2)c(OC2CCCC2)c1. The van der Waals surface area contributed by atoms with Gasteiger partial charge in [-0.05, 0) is 37.8 Å². The number of rotatable bonds is 7. The van der Waals surface area contributed by atoms with Gasteiger partial charge in [0.15, 0.2) is 5.69 Å². The van der Waals surface area contributed by atoms with Crippen LogP contribution < -0.4 is 14.8 Å². The third-order valence-electron chi connectivity index (χ3n) is 4.20. The zero-order valence-electron chi connectivity index (χ0n) is 14.1. The van der Waals surface area contributed by atoms with Gasteiger partial charge in [-0.15, -0.1) is 0 Å². The molecular weight excluding hydrogens is 322 g/mol. The number of aromatic carboxylic acids is 1. The van der Waals surface area contributed by atoms with Crippen LogP contribution in [0.3, 0.4) is 0 Å². The van der Waals surface area contributed by atoms with Gasteiger partial charge in [0, 0.05) is 18.2 Å². The summed E-state index contributed by atoms with van der Waals surface area (Å²) in [6, 6.07) is 5.74. The van der Waals surface area contributed by atoms with E-state index >= 15 is 0 Å². The summed E-state index contributed by atoms with van der Waals surface area (Å²) in [6.07, 6.45) is 7.44. The lowest BCUT2D eigenvalue weighted by Gasteiger charge is -2.18. The number of hydrogen-bond donors (Lipinski definition) is 2. The highest BCUT2D eigenvalue weighted by Gasteiger charge is 2.18. The second-order valence-corrected chi connectivity index (χ2v) is 5.94. The molecule has 1 aliphatic rings. The molecule has 2 N–H and O–H groups in total. The van der Waals surface area contributed by atoms with Gasteiger partial charge in [0.1, 0.15) is 17.3 Å². The predicted octanol–water partition coefficient (Wildman–Crippen LogP) is 3.12. The van der Waals surface area contributed by atoms with E-state index in [4.69, 9.17) is 14.6 Å². The van der Waals surface area contributed by atoms with E-state index < -0.39 is 5.97 Å². The molecule has 1 aromatic heterocycles. The zero-order chi connectivity index (χ0) is 17.6. The minimum atomic E-state index is -1.10. The molecule has 0 unspecified atom stereocenters. The average molecular weight is 343 g/mol. The normalized spacial score (nSPS) is 14.3. The number of carboxylic acids is 1. The van der Waals surface area contributed by atoms with Crippen molar-refractivity contribution in [1.29, 1.82) is 0 Å². The van der Waals surface area contributed by atoms with E-state index in [1.807, 2.05) is 18.2 Å². The van der Waals surface area contributed by atoms with Crippen LogP contribution in [0.5, 0.6) is 11.5 Å². The monoisotopic (exact) mass is 343 g/mol. The number of nitrogens with one attached hydrogen (secondary N) is 1. The number of benzene rings is 1. The Bertz CT molecular complexity index is 728. The Morgan fingerprint density at radius 1 is 1.28 bits per heavy atom. The van der Waals surface area contributed by atoms with Gasteiger partial charge in [0.05, 0.1) is 25.6 Å². The van der Waals surface area contributed by atoms with Crippen LogP contribution in [0.4, 0.5) is 5.82 Å². The first kappa shape index (κ1) is 17.0. The number of anilines is 1. The maximum atomic E-state index is 10.8. The van der Waals surface area contributed by atoms with E-state index in [0.717, 1.165) is 29.9 Å². The molecule has 1 saturated carbocycles. The second kappa shape index (κ2) is 7.83. The quantitative estimate of drug-likeness (QED) is 0.797. The first-order chi connectivity index (χ1) is 12.2. The van der Waals surface area contributed by atoms with Crippen molar-refractivity contribution in [1.82, 2.24) is 9.97 Å². The fourth-order valence-corrected chi connectivity index (χ4v) is 2.82. The Kier molecular flexibility index (Phi) is 5.33. The third kappa shape index (κ3) is 4.37. The minimum absolute atomic E-state index is 0.0831. The summed E-state index contributed by atoms with van der Waals surface area (Å²) in [5, 5.41) is 12.0. The average Bonchev–Trinajstić information content (AvgIpc) is 3.14. The summed E-state index contributed by atoms with van der Waals surface area (Å²) in [4.78, 5) is 18.7. The molecule has 0 radical (unpaired) electrons. The number of ether oxygens (including phenoxy) is 2. The van der Waals surface area contributed by atoms with Gasteiger partial charge in [0.25, 0.3) is 0 Å². The lowest BCUT2D eigenvalue weighted by atomic mass is 10.1. The van der Waals surface area contributed by atoms with Gasteiger partial charge in [-0.2, -0.15) is 0 Å². The number of aromatic nitrogens is 2. The van der Waals surface area contributed by atoms with Crippen molar-refractivity contribution in [2.75, 3.05) is 12.4 Å². The van der Waals surface area contributed by atoms with Crippen LogP contribution in [-0.2, 0) is 6.54 Å². The van der Waals surface area contributed by atoms with Crippen molar-refractivity contribution in [2.24, 2.45) is 0 Å². The van der Waals surface area contributed by atoms with Crippen LogP contribution in [0.15, 0.2) is 30.6 Å². The predicted molar refractivity (Wildman–Crippen MR) is 92.2 cm³/mol. The maximum absolute atomic E-state index is 10.8. The number of nitrogens with zero attached hydrogens (tertiary/aromatic N) is 2. The van der Waals surface area contributed by atoms with Crippen LogP contribution in [0.25, 0.3) is 0 Å². The highest BCUT2D eigenvalue weighted by atomic mass is 16.5. The number of hydrogen-bond acceptors (Lipinski definition) is 6. The highest BCUT2D eigenvalue weighted by Crippen LogP contribution is 2.30. The van der Waals surface area contributed by atoms with Gasteiger partial charge in [-0.1, -0.05) is 0 Å². The smallest absolute Gasteiger partial charge is 0.356 e. The van der Waals surface area contributed by atoms with Crippen LogP contribution in [0.1, 0.15) is 41.7 Å². The molecule has 7 heteroatoms. The first-order valence-corrected chi connectivity index (χ1v) is 8.28. The Morgan fingerprint density at radius 2 is 2.08 bits per heavy atom. The van der Waals surface area contributed by atoms with Crippen molar-refractivity contribution in [2.45, 2.75) is 38.3 Å². The molecule has 0 spiro atoms. The number of methoxy groups -OCH3 is 1.